The summed E-state index contributed by atoms with van der Waals surface area (Å²) in [5.74, 6) is -0.445. The minimum Gasteiger partial charge on any atom is -0.379 e. The molecule has 0 spiro atoms. The number of hydrogen-bond donors (Lipinski definition) is 3. The summed E-state index contributed by atoms with van der Waals surface area (Å²) < 4.78 is 5.42. The van der Waals surface area contributed by atoms with E-state index in [9.17, 15) is 9.59 Å². The van der Waals surface area contributed by atoms with E-state index >= 15 is 0 Å². The standard InChI is InChI=1S/C16H30N4O3.2ClH/c17-10-14(21)18-11-15(22)19-12-16(4-2-1-3-5-16)13-20-6-8-23-9-7-20;;/h1-13,17H2,(H,18,21)(H,19,22);2*1H. The first-order valence-electron chi connectivity index (χ1n) is 8.67. The van der Waals surface area contributed by atoms with Gasteiger partial charge in [-0.15, -0.1) is 24.8 Å². The van der Waals surface area contributed by atoms with Gasteiger partial charge in [-0.1, -0.05) is 19.3 Å². The van der Waals surface area contributed by atoms with E-state index in [1.807, 2.05) is 0 Å². The van der Waals surface area contributed by atoms with Crippen molar-refractivity contribution in [1.82, 2.24) is 15.5 Å². The first kappa shape index (κ1) is 24.4. The van der Waals surface area contributed by atoms with Gasteiger partial charge in [0.2, 0.25) is 11.8 Å². The van der Waals surface area contributed by atoms with Crippen LogP contribution < -0.4 is 16.4 Å². The lowest BCUT2D eigenvalue weighted by Gasteiger charge is -2.42. The molecule has 9 heteroatoms. The van der Waals surface area contributed by atoms with Gasteiger partial charge in [0, 0.05) is 31.6 Å². The third-order valence-corrected chi connectivity index (χ3v) is 4.87. The zero-order chi connectivity index (χ0) is 16.5. The molecule has 0 bridgehead atoms. The Hall–Kier alpha value is -0.600. The molecule has 4 N–H and O–H groups in total. The molecule has 0 radical (unpaired) electrons. The van der Waals surface area contributed by atoms with Gasteiger partial charge in [-0.05, 0) is 12.8 Å². The van der Waals surface area contributed by atoms with Gasteiger partial charge in [0.25, 0.3) is 0 Å². The summed E-state index contributed by atoms with van der Waals surface area (Å²) in [7, 11) is 0. The predicted molar refractivity (Wildman–Crippen MR) is 102 cm³/mol. The van der Waals surface area contributed by atoms with Crippen molar-refractivity contribution in [1.29, 1.82) is 0 Å². The maximum Gasteiger partial charge on any atom is 0.239 e. The van der Waals surface area contributed by atoms with Crippen molar-refractivity contribution >= 4 is 36.6 Å². The van der Waals surface area contributed by atoms with Crippen LogP contribution in [0, 0.1) is 5.41 Å². The minimum absolute atomic E-state index is 0. The first-order chi connectivity index (χ1) is 11.1. The van der Waals surface area contributed by atoms with Crippen molar-refractivity contribution in [3.8, 4) is 0 Å². The van der Waals surface area contributed by atoms with Gasteiger partial charge in [0.15, 0.2) is 0 Å². The van der Waals surface area contributed by atoms with E-state index in [0.29, 0.717) is 6.54 Å². The number of carbonyl (C=O) groups is 2. The van der Waals surface area contributed by atoms with Crippen LogP contribution in [0.2, 0.25) is 0 Å². The summed E-state index contributed by atoms with van der Waals surface area (Å²) in [4.78, 5) is 25.5. The Morgan fingerprint density at radius 2 is 1.64 bits per heavy atom. The van der Waals surface area contributed by atoms with Crippen LogP contribution in [0.5, 0.6) is 0 Å². The second kappa shape index (κ2) is 12.7. The van der Waals surface area contributed by atoms with E-state index < -0.39 is 0 Å². The molecule has 1 saturated heterocycles. The molecule has 0 aromatic rings. The molecule has 1 aliphatic heterocycles. The number of carbonyl (C=O) groups excluding carboxylic acids is 2. The molecule has 0 atom stereocenters. The zero-order valence-corrected chi connectivity index (χ0v) is 16.4. The number of hydrogen-bond acceptors (Lipinski definition) is 5. The van der Waals surface area contributed by atoms with E-state index in [2.05, 4.69) is 15.5 Å². The monoisotopic (exact) mass is 398 g/mol. The smallest absolute Gasteiger partial charge is 0.239 e. The SMILES string of the molecule is Cl.Cl.NCC(=O)NCC(=O)NCC1(CN2CCOCC2)CCCCC1. The van der Waals surface area contributed by atoms with Crippen LogP contribution in [0.1, 0.15) is 32.1 Å². The zero-order valence-electron chi connectivity index (χ0n) is 14.8. The Labute approximate surface area is 162 Å². The molecule has 1 aliphatic carbocycles. The highest BCUT2D eigenvalue weighted by atomic mass is 35.5. The molecular weight excluding hydrogens is 367 g/mol. The second-order valence-electron chi connectivity index (χ2n) is 6.71. The van der Waals surface area contributed by atoms with Crippen LogP contribution in [-0.4, -0.2) is 69.2 Å². The third-order valence-electron chi connectivity index (χ3n) is 4.87. The van der Waals surface area contributed by atoms with Gasteiger partial charge in [0.1, 0.15) is 0 Å². The largest absolute Gasteiger partial charge is 0.379 e. The number of nitrogens with zero attached hydrogens (tertiary/aromatic N) is 1. The number of amides is 2. The van der Waals surface area contributed by atoms with Gasteiger partial charge >= 0.3 is 0 Å². The Kier molecular flexibility index (Phi) is 12.4. The summed E-state index contributed by atoms with van der Waals surface area (Å²) in [6, 6.07) is 0. The maximum atomic E-state index is 11.9. The van der Waals surface area contributed by atoms with E-state index in [1.165, 1.54) is 19.3 Å². The summed E-state index contributed by atoms with van der Waals surface area (Å²) in [5, 5.41) is 5.52. The lowest BCUT2D eigenvalue weighted by Crippen LogP contribution is -2.50. The highest BCUT2D eigenvalue weighted by Gasteiger charge is 2.34. The fourth-order valence-electron chi connectivity index (χ4n) is 3.53. The average Bonchev–Trinajstić information content (AvgIpc) is 2.59. The number of nitrogens with two attached hydrogens (primary N) is 1. The van der Waals surface area contributed by atoms with Crippen LogP contribution in [0.15, 0.2) is 0 Å². The van der Waals surface area contributed by atoms with Crippen molar-refractivity contribution in [3.63, 3.8) is 0 Å². The van der Waals surface area contributed by atoms with Crippen LogP contribution in [0.3, 0.4) is 0 Å². The number of rotatable bonds is 7. The predicted octanol–water partition coefficient (Wildman–Crippen LogP) is 0.304. The highest BCUT2D eigenvalue weighted by Crippen LogP contribution is 2.36. The van der Waals surface area contributed by atoms with E-state index in [4.69, 9.17) is 10.5 Å². The van der Waals surface area contributed by atoms with Crippen molar-refractivity contribution in [2.75, 3.05) is 52.5 Å². The quantitative estimate of drug-likeness (QED) is 0.573. The molecule has 148 valence electrons. The lowest BCUT2D eigenvalue weighted by atomic mass is 9.73. The Bertz CT molecular complexity index is 401. The van der Waals surface area contributed by atoms with Crippen LogP contribution in [0.4, 0.5) is 0 Å². The summed E-state index contributed by atoms with van der Waals surface area (Å²) in [6.07, 6.45) is 6.04. The van der Waals surface area contributed by atoms with Crippen molar-refractivity contribution in [2.24, 2.45) is 11.1 Å². The normalized spacial score (nSPS) is 19.9. The second-order valence-corrected chi connectivity index (χ2v) is 6.71. The Morgan fingerprint density at radius 1 is 1.00 bits per heavy atom. The van der Waals surface area contributed by atoms with E-state index in [1.54, 1.807) is 0 Å². The van der Waals surface area contributed by atoms with E-state index in [0.717, 1.165) is 45.7 Å². The maximum absolute atomic E-state index is 11.9. The Morgan fingerprint density at radius 3 is 2.24 bits per heavy atom. The summed E-state index contributed by atoms with van der Waals surface area (Å²) in [5.41, 5.74) is 5.37. The fourth-order valence-corrected chi connectivity index (χ4v) is 3.53. The number of morpholine rings is 1. The Balaban J connectivity index is 0.00000288. The summed E-state index contributed by atoms with van der Waals surface area (Å²) >= 11 is 0. The molecule has 0 aromatic carbocycles. The molecule has 7 nitrogen and oxygen atoms in total. The lowest BCUT2D eigenvalue weighted by molar-refractivity contribution is -0.125. The fraction of sp³-hybridized carbons (Fsp3) is 0.875. The molecular formula is C16H32Cl2N4O3. The van der Waals surface area contributed by atoms with Gasteiger partial charge in [-0.2, -0.15) is 0 Å². The molecule has 2 rings (SSSR count). The molecule has 0 unspecified atom stereocenters. The molecule has 0 aromatic heterocycles. The number of ether oxygens (including phenoxy) is 1. The number of halogens is 2. The third kappa shape index (κ3) is 8.55. The molecule has 2 amide bonds. The van der Waals surface area contributed by atoms with Crippen LogP contribution in [-0.2, 0) is 14.3 Å². The highest BCUT2D eigenvalue weighted by molar-refractivity contribution is 5.86. The van der Waals surface area contributed by atoms with Crippen LogP contribution in [0.25, 0.3) is 0 Å². The van der Waals surface area contributed by atoms with Crippen molar-refractivity contribution in [2.45, 2.75) is 32.1 Å². The van der Waals surface area contributed by atoms with Gasteiger partial charge in [-0.25, -0.2) is 0 Å². The molecule has 2 fully saturated rings. The number of nitrogens with one attached hydrogen (secondary N) is 2. The molecule has 1 heterocycles. The van der Waals surface area contributed by atoms with Gasteiger partial charge < -0.3 is 21.1 Å². The van der Waals surface area contributed by atoms with Gasteiger partial charge in [-0.3, -0.25) is 14.5 Å². The van der Waals surface area contributed by atoms with E-state index in [-0.39, 0.29) is 55.1 Å². The molecule has 2 aliphatic rings. The van der Waals surface area contributed by atoms with Gasteiger partial charge in [0.05, 0.1) is 26.3 Å². The minimum atomic E-state index is -0.305. The molecule has 25 heavy (non-hydrogen) atoms. The van der Waals surface area contributed by atoms with Crippen LogP contribution >= 0.6 is 24.8 Å². The summed E-state index contributed by atoms with van der Waals surface area (Å²) in [6.45, 7) is 5.16. The first-order valence-corrected chi connectivity index (χ1v) is 8.67. The molecule has 1 saturated carbocycles. The van der Waals surface area contributed by atoms with Crippen molar-refractivity contribution < 1.29 is 14.3 Å². The van der Waals surface area contributed by atoms with Crippen molar-refractivity contribution in [3.05, 3.63) is 0 Å². The topological polar surface area (TPSA) is 96.7 Å². The average molecular weight is 399 g/mol.